The largest absolute Gasteiger partial charge is 0.356 e. The number of piperidine rings is 1. The summed E-state index contributed by atoms with van der Waals surface area (Å²) in [6, 6.07) is 8.12. The third kappa shape index (κ3) is 4.54. The first-order valence-electron chi connectivity index (χ1n) is 8.54. The van der Waals surface area contributed by atoms with Crippen molar-refractivity contribution in [3.8, 4) is 0 Å². The van der Waals surface area contributed by atoms with E-state index in [1.807, 2.05) is 31.3 Å². The molecule has 0 radical (unpaired) electrons. The summed E-state index contributed by atoms with van der Waals surface area (Å²) in [6.45, 7) is 4.75. The molecule has 0 spiro atoms. The van der Waals surface area contributed by atoms with E-state index in [4.69, 9.17) is 0 Å². The lowest BCUT2D eigenvalue weighted by molar-refractivity contribution is -0.120. The van der Waals surface area contributed by atoms with Crippen molar-refractivity contribution in [1.82, 2.24) is 15.3 Å². The molecular weight excluding hydrogens is 300 g/mol. The Morgan fingerprint density at radius 3 is 2.83 bits per heavy atom. The van der Waals surface area contributed by atoms with Crippen LogP contribution in [-0.4, -0.2) is 35.5 Å². The highest BCUT2D eigenvalue weighted by Crippen LogP contribution is 2.20. The smallest absolute Gasteiger partial charge is 0.224 e. The van der Waals surface area contributed by atoms with E-state index < -0.39 is 0 Å². The van der Waals surface area contributed by atoms with Gasteiger partial charge >= 0.3 is 0 Å². The number of anilines is 1. The van der Waals surface area contributed by atoms with Gasteiger partial charge in [0.15, 0.2) is 0 Å². The summed E-state index contributed by atoms with van der Waals surface area (Å²) in [5.41, 5.74) is 2.27. The van der Waals surface area contributed by atoms with E-state index in [0.717, 1.165) is 43.9 Å². The molecule has 0 bridgehead atoms. The van der Waals surface area contributed by atoms with Crippen molar-refractivity contribution in [2.75, 3.05) is 24.5 Å². The zero-order valence-corrected chi connectivity index (χ0v) is 14.1. The van der Waals surface area contributed by atoms with Gasteiger partial charge in [0.1, 0.15) is 5.82 Å². The number of amides is 1. The Balaban J connectivity index is 1.41. The minimum atomic E-state index is 0.108. The molecule has 1 fully saturated rings. The summed E-state index contributed by atoms with van der Waals surface area (Å²) in [7, 11) is 0. The van der Waals surface area contributed by atoms with Crippen molar-refractivity contribution in [2.24, 2.45) is 5.92 Å². The predicted octanol–water partition coefficient (Wildman–Crippen LogP) is 2.36. The highest BCUT2D eigenvalue weighted by Gasteiger charge is 2.20. The maximum absolute atomic E-state index is 12.1. The molecular formula is C19H24N4O. The summed E-state index contributed by atoms with van der Waals surface area (Å²) in [4.78, 5) is 22.8. The van der Waals surface area contributed by atoms with Crippen LogP contribution in [0.4, 0.5) is 5.82 Å². The summed E-state index contributed by atoms with van der Waals surface area (Å²) < 4.78 is 0. The minimum absolute atomic E-state index is 0.108. The molecule has 1 amide bonds. The Morgan fingerprint density at radius 1 is 1.29 bits per heavy atom. The Morgan fingerprint density at radius 2 is 2.12 bits per heavy atom. The molecule has 0 atom stereocenters. The SMILES string of the molecule is Cc1cccc(CC(=O)NCC2CCN(c3cnccn3)CC2)c1. The molecule has 126 valence electrons. The van der Waals surface area contributed by atoms with Crippen LogP contribution in [0.15, 0.2) is 42.9 Å². The second-order valence-corrected chi connectivity index (χ2v) is 6.46. The van der Waals surface area contributed by atoms with Gasteiger partial charge in [-0.3, -0.25) is 9.78 Å². The second kappa shape index (κ2) is 7.90. The van der Waals surface area contributed by atoms with Crippen molar-refractivity contribution in [3.63, 3.8) is 0 Å². The fraction of sp³-hybridized carbons (Fsp3) is 0.421. The first kappa shape index (κ1) is 16.4. The van der Waals surface area contributed by atoms with E-state index in [9.17, 15) is 4.79 Å². The molecule has 24 heavy (non-hydrogen) atoms. The van der Waals surface area contributed by atoms with Crippen LogP contribution in [0.5, 0.6) is 0 Å². The van der Waals surface area contributed by atoms with Gasteiger partial charge in [-0.2, -0.15) is 0 Å². The first-order chi connectivity index (χ1) is 11.7. The number of aryl methyl sites for hydroxylation is 1. The topological polar surface area (TPSA) is 58.1 Å². The fourth-order valence-electron chi connectivity index (χ4n) is 3.15. The van der Waals surface area contributed by atoms with Crippen molar-refractivity contribution < 1.29 is 4.79 Å². The second-order valence-electron chi connectivity index (χ2n) is 6.46. The lowest BCUT2D eigenvalue weighted by atomic mass is 9.96. The number of aromatic nitrogens is 2. The Labute approximate surface area is 143 Å². The molecule has 1 aliphatic rings. The number of carbonyl (C=O) groups is 1. The Bertz CT molecular complexity index is 666. The zero-order valence-electron chi connectivity index (χ0n) is 14.1. The monoisotopic (exact) mass is 324 g/mol. The van der Waals surface area contributed by atoms with Crippen molar-refractivity contribution in [3.05, 3.63) is 54.0 Å². The number of benzene rings is 1. The van der Waals surface area contributed by atoms with Gasteiger partial charge in [-0.1, -0.05) is 29.8 Å². The zero-order chi connectivity index (χ0) is 16.8. The molecule has 1 N–H and O–H groups in total. The molecule has 1 aromatic carbocycles. The van der Waals surface area contributed by atoms with Crippen LogP contribution in [0.1, 0.15) is 24.0 Å². The maximum Gasteiger partial charge on any atom is 0.224 e. The first-order valence-corrected chi connectivity index (χ1v) is 8.54. The minimum Gasteiger partial charge on any atom is -0.356 e. The van der Waals surface area contributed by atoms with Crippen LogP contribution in [0.3, 0.4) is 0 Å². The number of carbonyl (C=O) groups excluding carboxylic acids is 1. The lowest BCUT2D eigenvalue weighted by Gasteiger charge is -2.32. The van der Waals surface area contributed by atoms with E-state index >= 15 is 0 Å². The summed E-state index contributed by atoms with van der Waals surface area (Å²) in [5.74, 6) is 1.59. The number of nitrogens with one attached hydrogen (secondary N) is 1. The lowest BCUT2D eigenvalue weighted by Crippen LogP contribution is -2.39. The molecule has 0 aliphatic carbocycles. The normalized spacial score (nSPS) is 15.3. The van der Waals surface area contributed by atoms with E-state index in [1.54, 1.807) is 12.4 Å². The average Bonchev–Trinajstić information content (AvgIpc) is 2.61. The number of hydrogen-bond acceptors (Lipinski definition) is 4. The highest BCUT2D eigenvalue weighted by molar-refractivity contribution is 5.78. The van der Waals surface area contributed by atoms with Crippen LogP contribution < -0.4 is 10.2 Å². The van der Waals surface area contributed by atoms with Crippen LogP contribution in [-0.2, 0) is 11.2 Å². The van der Waals surface area contributed by atoms with Crippen LogP contribution >= 0.6 is 0 Å². The van der Waals surface area contributed by atoms with E-state index in [0.29, 0.717) is 12.3 Å². The van der Waals surface area contributed by atoms with Gasteiger partial charge in [0.05, 0.1) is 12.6 Å². The molecule has 1 aromatic heterocycles. The van der Waals surface area contributed by atoms with E-state index in [2.05, 4.69) is 26.3 Å². The third-order valence-corrected chi connectivity index (χ3v) is 4.52. The summed E-state index contributed by atoms with van der Waals surface area (Å²) in [6.07, 6.45) is 7.83. The number of nitrogens with zero attached hydrogens (tertiary/aromatic N) is 3. The molecule has 0 unspecified atom stereocenters. The standard InChI is InChI=1S/C19H24N4O/c1-15-3-2-4-17(11-15)12-19(24)22-13-16-5-9-23(10-6-16)18-14-20-7-8-21-18/h2-4,7-8,11,14,16H,5-6,9-10,12-13H2,1H3,(H,22,24). The molecule has 1 saturated heterocycles. The van der Waals surface area contributed by atoms with Gasteiger partial charge in [-0.15, -0.1) is 0 Å². The Hall–Kier alpha value is -2.43. The molecule has 0 saturated carbocycles. The van der Waals surface area contributed by atoms with Gasteiger partial charge in [-0.05, 0) is 31.2 Å². The molecule has 1 aliphatic heterocycles. The van der Waals surface area contributed by atoms with Crippen molar-refractivity contribution in [1.29, 1.82) is 0 Å². The van der Waals surface area contributed by atoms with Gasteiger partial charge in [0, 0.05) is 32.0 Å². The number of hydrogen-bond donors (Lipinski definition) is 1. The fourth-order valence-corrected chi connectivity index (χ4v) is 3.15. The van der Waals surface area contributed by atoms with Crippen molar-refractivity contribution in [2.45, 2.75) is 26.2 Å². The summed E-state index contributed by atoms with van der Waals surface area (Å²) in [5, 5.41) is 3.09. The molecule has 2 aromatic rings. The predicted molar refractivity (Wildman–Crippen MR) is 94.9 cm³/mol. The molecule has 5 nitrogen and oxygen atoms in total. The van der Waals surface area contributed by atoms with Gasteiger partial charge < -0.3 is 10.2 Å². The highest BCUT2D eigenvalue weighted by atomic mass is 16.1. The molecule has 2 heterocycles. The average molecular weight is 324 g/mol. The third-order valence-electron chi connectivity index (χ3n) is 4.52. The van der Waals surface area contributed by atoms with Crippen LogP contribution in [0.2, 0.25) is 0 Å². The van der Waals surface area contributed by atoms with E-state index in [1.165, 1.54) is 5.56 Å². The quantitative estimate of drug-likeness (QED) is 0.917. The van der Waals surface area contributed by atoms with Crippen LogP contribution in [0.25, 0.3) is 0 Å². The maximum atomic E-state index is 12.1. The number of rotatable bonds is 5. The summed E-state index contributed by atoms with van der Waals surface area (Å²) >= 11 is 0. The molecule has 5 heteroatoms. The van der Waals surface area contributed by atoms with Crippen molar-refractivity contribution >= 4 is 11.7 Å². The van der Waals surface area contributed by atoms with Gasteiger partial charge in [0.2, 0.25) is 5.91 Å². The van der Waals surface area contributed by atoms with E-state index in [-0.39, 0.29) is 5.91 Å². The van der Waals surface area contributed by atoms with Crippen LogP contribution in [0, 0.1) is 12.8 Å². The van der Waals surface area contributed by atoms with Gasteiger partial charge in [0.25, 0.3) is 0 Å². The van der Waals surface area contributed by atoms with Gasteiger partial charge in [-0.25, -0.2) is 4.98 Å². The Kier molecular flexibility index (Phi) is 5.41. The molecule has 3 rings (SSSR count).